The Morgan fingerprint density at radius 2 is 1.27 bits per heavy atom. The summed E-state index contributed by atoms with van der Waals surface area (Å²) < 4.78 is 0. The van der Waals surface area contributed by atoms with Crippen LogP contribution < -0.4 is 10.2 Å². The summed E-state index contributed by atoms with van der Waals surface area (Å²) in [4.78, 5) is 19.1. The normalized spacial score (nSPS) is 14.0. The number of pyridine rings is 1. The highest BCUT2D eigenvalue weighted by Crippen LogP contribution is 2.29. The predicted octanol–water partition coefficient (Wildman–Crippen LogP) is 7.55. The third-order valence-corrected chi connectivity index (χ3v) is 7.84. The SMILES string of the molecule is Clc1ccc(-c2cc(-c3ccc(Cl)cc3)nc(N3CCN(CCNc4ccnc5cc(Cl)ccc45)CC3)n2)cc1. The number of benzene rings is 3. The van der Waals surface area contributed by atoms with Crippen molar-refractivity contribution in [2.75, 3.05) is 49.5 Å². The minimum atomic E-state index is 0.693. The van der Waals surface area contributed by atoms with Crippen LogP contribution in [0.1, 0.15) is 0 Å². The molecular formula is C31H27Cl3N6. The van der Waals surface area contributed by atoms with Gasteiger partial charge in [-0.15, -0.1) is 0 Å². The van der Waals surface area contributed by atoms with Crippen LogP contribution in [0.4, 0.5) is 11.6 Å². The summed E-state index contributed by atoms with van der Waals surface area (Å²) in [6.07, 6.45) is 1.82. The van der Waals surface area contributed by atoms with Gasteiger partial charge in [0.05, 0.1) is 16.9 Å². The molecule has 6 rings (SSSR count). The van der Waals surface area contributed by atoms with Crippen LogP contribution in [0.3, 0.4) is 0 Å². The molecular weight excluding hydrogens is 563 g/mol. The van der Waals surface area contributed by atoms with E-state index in [1.807, 2.05) is 85.1 Å². The van der Waals surface area contributed by atoms with Gasteiger partial charge in [-0.1, -0.05) is 59.1 Å². The number of rotatable bonds is 7. The fourth-order valence-electron chi connectivity index (χ4n) is 4.91. The molecule has 6 nitrogen and oxygen atoms in total. The lowest BCUT2D eigenvalue weighted by Gasteiger charge is -2.35. The monoisotopic (exact) mass is 588 g/mol. The summed E-state index contributed by atoms with van der Waals surface area (Å²) >= 11 is 18.4. The van der Waals surface area contributed by atoms with Gasteiger partial charge >= 0.3 is 0 Å². The Morgan fingerprint density at radius 1 is 0.675 bits per heavy atom. The van der Waals surface area contributed by atoms with Crippen molar-refractivity contribution in [3.63, 3.8) is 0 Å². The molecule has 0 spiro atoms. The second-order valence-corrected chi connectivity index (χ2v) is 11.0. The molecule has 0 amide bonds. The fraction of sp³-hybridized carbons (Fsp3) is 0.194. The van der Waals surface area contributed by atoms with Crippen molar-refractivity contribution in [2.45, 2.75) is 0 Å². The summed E-state index contributed by atoms with van der Waals surface area (Å²) in [6, 6.07) is 25.4. The average Bonchev–Trinajstić information content (AvgIpc) is 2.98. The third kappa shape index (κ3) is 6.16. The van der Waals surface area contributed by atoms with Crippen molar-refractivity contribution in [3.05, 3.63) is 100 Å². The second-order valence-electron chi connectivity index (χ2n) is 9.73. The van der Waals surface area contributed by atoms with Crippen LogP contribution >= 0.6 is 34.8 Å². The molecule has 0 radical (unpaired) electrons. The van der Waals surface area contributed by atoms with E-state index in [4.69, 9.17) is 44.8 Å². The molecule has 5 aromatic rings. The van der Waals surface area contributed by atoms with Crippen molar-refractivity contribution in [1.82, 2.24) is 19.9 Å². The highest BCUT2D eigenvalue weighted by molar-refractivity contribution is 6.31. The van der Waals surface area contributed by atoms with E-state index in [1.54, 1.807) is 0 Å². The van der Waals surface area contributed by atoms with Gasteiger partial charge in [0, 0.05) is 82.7 Å². The number of aromatic nitrogens is 3. The Morgan fingerprint density at radius 3 is 1.90 bits per heavy atom. The van der Waals surface area contributed by atoms with Crippen LogP contribution in [-0.2, 0) is 0 Å². The van der Waals surface area contributed by atoms with Crippen molar-refractivity contribution in [2.24, 2.45) is 0 Å². The molecule has 2 aromatic heterocycles. The number of piperazine rings is 1. The number of nitrogens with one attached hydrogen (secondary N) is 1. The molecule has 0 saturated carbocycles. The quantitative estimate of drug-likeness (QED) is 0.212. The summed E-state index contributed by atoms with van der Waals surface area (Å²) in [6.45, 7) is 5.33. The Kier molecular flexibility index (Phi) is 8.03. The number of hydrogen-bond donors (Lipinski definition) is 1. The van der Waals surface area contributed by atoms with Crippen LogP contribution in [0.15, 0.2) is 85.1 Å². The topological polar surface area (TPSA) is 57.2 Å². The predicted molar refractivity (Wildman–Crippen MR) is 167 cm³/mol. The Hall–Kier alpha value is -3.42. The molecule has 1 aliphatic rings. The first-order chi connectivity index (χ1) is 19.5. The molecule has 40 heavy (non-hydrogen) atoms. The molecule has 1 fully saturated rings. The maximum Gasteiger partial charge on any atom is 0.226 e. The van der Waals surface area contributed by atoms with E-state index in [2.05, 4.69) is 20.1 Å². The first-order valence-electron chi connectivity index (χ1n) is 13.2. The molecule has 9 heteroatoms. The first-order valence-corrected chi connectivity index (χ1v) is 14.3. The number of fused-ring (bicyclic) bond motifs is 1. The fourth-order valence-corrected chi connectivity index (χ4v) is 5.33. The second kappa shape index (κ2) is 12.0. The summed E-state index contributed by atoms with van der Waals surface area (Å²) in [7, 11) is 0. The molecule has 1 aliphatic heterocycles. The van der Waals surface area contributed by atoms with Gasteiger partial charge in [-0.05, 0) is 54.6 Å². The summed E-state index contributed by atoms with van der Waals surface area (Å²) in [5.41, 5.74) is 5.69. The van der Waals surface area contributed by atoms with E-state index in [1.165, 1.54) is 0 Å². The molecule has 202 valence electrons. The smallest absolute Gasteiger partial charge is 0.226 e. The molecule has 0 bridgehead atoms. The number of hydrogen-bond acceptors (Lipinski definition) is 6. The molecule has 3 aromatic carbocycles. The van der Waals surface area contributed by atoms with E-state index < -0.39 is 0 Å². The Balaban J connectivity index is 1.14. The number of nitrogens with zero attached hydrogens (tertiary/aromatic N) is 5. The third-order valence-electron chi connectivity index (χ3n) is 7.10. The number of halogens is 3. The lowest BCUT2D eigenvalue weighted by atomic mass is 10.1. The minimum Gasteiger partial charge on any atom is -0.383 e. The highest BCUT2D eigenvalue weighted by atomic mass is 35.5. The van der Waals surface area contributed by atoms with E-state index in [9.17, 15) is 0 Å². The van der Waals surface area contributed by atoms with Crippen LogP contribution in [-0.4, -0.2) is 59.1 Å². The molecule has 0 atom stereocenters. The van der Waals surface area contributed by atoms with Crippen molar-refractivity contribution < 1.29 is 0 Å². The molecule has 0 unspecified atom stereocenters. The van der Waals surface area contributed by atoms with E-state index in [0.717, 1.165) is 84.3 Å². The van der Waals surface area contributed by atoms with Gasteiger partial charge < -0.3 is 10.2 Å². The highest BCUT2D eigenvalue weighted by Gasteiger charge is 2.20. The number of anilines is 2. The van der Waals surface area contributed by atoms with Crippen molar-refractivity contribution in [1.29, 1.82) is 0 Å². The maximum atomic E-state index is 6.14. The zero-order valence-corrected chi connectivity index (χ0v) is 24.0. The molecule has 1 N–H and O–H groups in total. The van der Waals surface area contributed by atoms with E-state index in [-0.39, 0.29) is 0 Å². The zero-order valence-electron chi connectivity index (χ0n) is 21.7. The van der Waals surface area contributed by atoms with Gasteiger partial charge in [0.1, 0.15) is 0 Å². The summed E-state index contributed by atoms with van der Waals surface area (Å²) in [5, 5.41) is 6.74. The van der Waals surface area contributed by atoms with Gasteiger partial charge in [-0.25, -0.2) is 9.97 Å². The van der Waals surface area contributed by atoms with Crippen molar-refractivity contribution >= 4 is 57.3 Å². The lowest BCUT2D eigenvalue weighted by Crippen LogP contribution is -2.48. The molecule has 1 saturated heterocycles. The Labute approximate surface area is 248 Å². The van der Waals surface area contributed by atoms with E-state index in [0.29, 0.717) is 15.1 Å². The van der Waals surface area contributed by atoms with Crippen LogP contribution in [0.5, 0.6) is 0 Å². The van der Waals surface area contributed by atoms with Gasteiger partial charge in [0.15, 0.2) is 0 Å². The van der Waals surface area contributed by atoms with E-state index >= 15 is 0 Å². The van der Waals surface area contributed by atoms with Crippen molar-refractivity contribution in [3.8, 4) is 22.5 Å². The first kappa shape index (κ1) is 26.8. The Bertz CT molecular complexity index is 1550. The molecule has 3 heterocycles. The molecule has 0 aliphatic carbocycles. The maximum absolute atomic E-state index is 6.14. The van der Waals surface area contributed by atoms with Crippen LogP contribution in [0.2, 0.25) is 15.1 Å². The largest absolute Gasteiger partial charge is 0.383 e. The standard InChI is InChI=1S/C31H27Cl3N6/c32-23-5-1-21(2-6-23)28-20-29(22-3-7-24(33)8-4-22)38-31(37-28)40-17-15-39(16-18-40)14-13-36-27-11-12-35-30-19-25(34)9-10-26(27)30/h1-12,19-20H,13-18H2,(H,35,36). The van der Waals surface area contributed by atoms with Gasteiger partial charge in [-0.2, -0.15) is 0 Å². The van der Waals surface area contributed by atoms with Gasteiger partial charge in [0.2, 0.25) is 5.95 Å². The van der Waals surface area contributed by atoms with Gasteiger partial charge in [-0.3, -0.25) is 9.88 Å². The van der Waals surface area contributed by atoms with Crippen LogP contribution in [0, 0.1) is 0 Å². The van der Waals surface area contributed by atoms with Gasteiger partial charge in [0.25, 0.3) is 0 Å². The average molecular weight is 590 g/mol. The lowest BCUT2D eigenvalue weighted by molar-refractivity contribution is 0.266. The summed E-state index contributed by atoms with van der Waals surface area (Å²) in [5.74, 6) is 0.733. The van der Waals surface area contributed by atoms with Crippen LogP contribution in [0.25, 0.3) is 33.4 Å². The zero-order chi connectivity index (χ0) is 27.5. The minimum absolute atomic E-state index is 0.693.